The quantitative estimate of drug-likeness (QED) is 0.789. The number of rotatable bonds is 2. The normalized spacial score (nSPS) is 28.6. The first-order valence-electron chi connectivity index (χ1n) is 9.29. The van der Waals surface area contributed by atoms with Crippen molar-refractivity contribution in [3.63, 3.8) is 0 Å². The molecule has 7 heteroatoms. The van der Waals surface area contributed by atoms with Crippen LogP contribution in [-0.2, 0) is 4.79 Å². The second-order valence-electron chi connectivity index (χ2n) is 7.54. The molecular formula is C20H23ClN4O2. The molecule has 142 valence electrons. The number of hydrogen-bond acceptors (Lipinski definition) is 4. The van der Waals surface area contributed by atoms with E-state index in [-0.39, 0.29) is 24.3 Å². The Kier molecular flexibility index (Phi) is 4.85. The number of imide groups is 1. The lowest BCUT2D eigenvalue weighted by molar-refractivity contribution is -0.138. The summed E-state index contributed by atoms with van der Waals surface area (Å²) in [6, 6.07) is 6.70. The molecule has 3 atom stereocenters. The first kappa shape index (κ1) is 18.3. The smallest absolute Gasteiger partial charge is 0.310 e. The van der Waals surface area contributed by atoms with Gasteiger partial charge in [-0.05, 0) is 44.0 Å². The van der Waals surface area contributed by atoms with Crippen molar-refractivity contribution in [2.45, 2.75) is 37.6 Å². The van der Waals surface area contributed by atoms with Crippen molar-refractivity contribution in [1.82, 2.24) is 20.0 Å². The second kappa shape index (κ2) is 7.16. The Labute approximate surface area is 164 Å². The van der Waals surface area contributed by atoms with E-state index in [9.17, 15) is 9.59 Å². The Morgan fingerprint density at radius 1 is 1.26 bits per heavy atom. The molecule has 1 saturated carbocycles. The third kappa shape index (κ3) is 3.31. The molecular weight excluding hydrogens is 364 g/mol. The largest absolute Gasteiger partial charge is 0.327 e. The zero-order valence-corrected chi connectivity index (χ0v) is 16.2. The highest BCUT2D eigenvalue weighted by atomic mass is 35.5. The van der Waals surface area contributed by atoms with Crippen LogP contribution in [0.5, 0.6) is 0 Å². The van der Waals surface area contributed by atoms with E-state index in [0.717, 1.165) is 18.4 Å². The standard InChI is InChI=1S/C20H23ClN4O2/c1-23-16(10-9-13-5-4-8-15(21)11-13)22-18-17(23)19(26)25(20(27)24(18)2)12-14-6-3-7-14/h4-5,8,11,14,16-18,22H,3,6-7,12H2,1-2H3. The lowest BCUT2D eigenvalue weighted by atomic mass is 9.85. The Hall–Kier alpha value is -2.07. The Morgan fingerprint density at radius 2 is 2.04 bits per heavy atom. The fourth-order valence-electron chi connectivity index (χ4n) is 3.91. The summed E-state index contributed by atoms with van der Waals surface area (Å²) in [4.78, 5) is 30.7. The fraction of sp³-hybridized carbons (Fsp3) is 0.500. The number of amides is 3. The van der Waals surface area contributed by atoms with Gasteiger partial charge < -0.3 is 4.90 Å². The van der Waals surface area contributed by atoms with Gasteiger partial charge in [-0.25, -0.2) is 4.79 Å². The fourth-order valence-corrected chi connectivity index (χ4v) is 4.10. The number of urea groups is 1. The van der Waals surface area contributed by atoms with Gasteiger partial charge in [0.1, 0.15) is 18.4 Å². The van der Waals surface area contributed by atoms with Crippen molar-refractivity contribution < 1.29 is 9.59 Å². The molecule has 27 heavy (non-hydrogen) atoms. The van der Waals surface area contributed by atoms with E-state index in [4.69, 9.17) is 11.6 Å². The molecule has 4 rings (SSSR count). The molecule has 0 radical (unpaired) electrons. The van der Waals surface area contributed by atoms with Gasteiger partial charge in [-0.3, -0.25) is 19.9 Å². The summed E-state index contributed by atoms with van der Waals surface area (Å²) in [5.74, 6) is 6.58. The van der Waals surface area contributed by atoms with Crippen LogP contribution in [0.3, 0.4) is 0 Å². The average molecular weight is 387 g/mol. The molecule has 3 fully saturated rings. The van der Waals surface area contributed by atoms with Crippen LogP contribution in [-0.4, -0.2) is 65.7 Å². The number of likely N-dealkylation sites (N-methyl/N-ethyl adjacent to an activating group) is 2. The summed E-state index contributed by atoms with van der Waals surface area (Å²) in [5, 5.41) is 3.95. The van der Waals surface area contributed by atoms with Crippen molar-refractivity contribution in [2.24, 2.45) is 5.92 Å². The van der Waals surface area contributed by atoms with Crippen LogP contribution in [0.1, 0.15) is 24.8 Å². The van der Waals surface area contributed by atoms with Crippen LogP contribution in [0.4, 0.5) is 4.79 Å². The number of nitrogens with zero attached hydrogens (tertiary/aromatic N) is 3. The molecule has 1 aromatic rings. The number of carbonyl (C=O) groups is 2. The van der Waals surface area contributed by atoms with Crippen molar-refractivity contribution in [1.29, 1.82) is 0 Å². The van der Waals surface area contributed by atoms with Gasteiger partial charge in [0, 0.05) is 24.2 Å². The summed E-state index contributed by atoms with van der Waals surface area (Å²) in [6.07, 6.45) is 2.69. The molecule has 1 aromatic carbocycles. The summed E-state index contributed by atoms with van der Waals surface area (Å²) < 4.78 is 0. The molecule has 0 bridgehead atoms. The number of nitrogens with one attached hydrogen (secondary N) is 1. The maximum absolute atomic E-state index is 13.0. The highest BCUT2D eigenvalue weighted by molar-refractivity contribution is 6.30. The van der Waals surface area contributed by atoms with E-state index in [2.05, 4.69) is 17.2 Å². The number of benzene rings is 1. The molecule has 3 unspecified atom stereocenters. The number of fused-ring (bicyclic) bond motifs is 1. The van der Waals surface area contributed by atoms with E-state index in [1.54, 1.807) is 24.1 Å². The predicted molar refractivity (Wildman–Crippen MR) is 103 cm³/mol. The SMILES string of the molecule is CN1C(=O)N(CC2CCC2)C(=O)C2C1NC(C#Cc1cccc(Cl)c1)N2C. The van der Waals surface area contributed by atoms with Crippen molar-refractivity contribution >= 4 is 23.5 Å². The molecule has 1 N–H and O–H groups in total. The monoisotopic (exact) mass is 386 g/mol. The summed E-state index contributed by atoms with van der Waals surface area (Å²) >= 11 is 6.01. The molecule has 6 nitrogen and oxygen atoms in total. The third-order valence-corrected chi connectivity index (χ3v) is 6.02. The number of hydrogen-bond donors (Lipinski definition) is 1. The zero-order chi connectivity index (χ0) is 19.1. The first-order chi connectivity index (χ1) is 13.0. The van der Waals surface area contributed by atoms with Gasteiger partial charge in [0.15, 0.2) is 0 Å². The van der Waals surface area contributed by atoms with Gasteiger partial charge in [-0.1, -0.05) is 35.9 Å². The molecule has 2 saturated heterocycles. The second-order valence-corrected chi connectivity index (χ2v) is 7.98. The molecule has 0 spiro atoms. The van der Waals surface area contributed by atoms with Crippen LogP contribution in [0.2, 0.25) is 5.02 Å². The maximum atomic E-state index is 13.0. The van der Waals surface area contributed by atoms with Gasteiger partial charge in [0.05, 0.1) is 0 Å². The number of carbonyl (C=O) groups excluding carboxylic acids is 2. The van der Waals surface area contributed by atoms with Crippen LogP contribution < -0.4 is 5.32 Å². The minimum absolute atomic E-state index is 0.128. The van der Waals surface area contributed by atoms with E-state index >= 15 is 0 Å². The molecule has 2 aliphatic heterocycles. The van der Waals surface area contributed by atoms with Gasteiger partial charge >= 0.3 is 6.03 Å². The predicted octanol–water partition coefficient (Wildman–Crippen LogP) is 1.94. The zero-order valence-electron chi connectivity index (χ0n) is 15.5. The summed E-state index contributed by atoms with van der Waals surface area (Å²) in [7, 11) is 3.62. The molecule has 3 aliphatic rings. The molecule has 3 amide bonds. The van der Waals surface area contributed by atoms with Gasteiger partial charge in [-0.15, -0.1) is 0 Å². The van der Waals surface area contributed by atoms with Gasteiger partial charge in [-0.2, -0.15) is 0 Å². The van der Waals surface area contributed by atoms with Crippen molar-refractivity contribution in [3.8, 4) is 11.8 Å². The van der Waals surface area contributed by atoms with Crippen molar-refractivity contribution in [3.05, 3.63) is 34.9 Å². The van der Waals surface area contributed by atoms with Crippen molar-refractivity contribution in [2.75, 3.05) is 20.6 Å². The van der Waals surface area contributed by atoms with Crippen LogP contribution in [0, 0.1) is 17.8 Å². The van der Waals surface area contributed by atoms with Crippen LogP contribution >= 0.6 is 11.6 Å². The Bertz CT molecular complexity index is 829. The minimum Gasteiger partial charge on any atom is -0.310 e. The minimum atomic E-state index is -0.425. The maximum Gasteiger partial charge on any atom is 0.327 e. The van der Waals surface area contributed by atoms with Gasteiger partial charge in [0.25, 0.3) is 5.91 Å². The van der Waals surface area contributed by atoms with E-state index in [0.29, 0.717) is 17.5 Å². The molecule has 2 heterocycles. The highest BCUT2D eigenvalue weighted by Crippen LogP contribution is 2.31. The molecule has 0 aromatic heterocycles. The average Bonchev–Trinajstić information content (AvgIpc) is 2.93. The highest BCUT2D eigenvalue weighted by Gasteiger charge is 2.52. The van der Waals surface area contributed by atoms with Crippen LogP contribution in [0.25, 0.3) is 0 Å². The Balaban J connectivity index is 1.54. The lowest BCUT2D eigenvalue weighted by Gasteiger charge is -2.42. The summed E-state index contributed by atoms with van der Waals surface area (Å²) in [6.45, 7) is 0.526. The molecule has 1 aliphatic carbocycles. The lowest BCUT2D eigenvalue weighted by Crippen LogP contribution is -2.66. The van der Waals surface area contributed by atoms with E-state index < -0.39 is 6.04 Å². The number of halogens is 1. The van der Waals surface area contributed by atoms with Gasteiger partial charge in [0.2, 0.25) is 0 Å². The topological polar surface area (TPSA) is 55.9 Å². The van der Waals surface area contributed by atoms with Crippen LogP contribution in [0.15, 0.2) is 24.3 Å². The first-order valence-corrected chi connectivity index (χ1v) is 9.67. The third-order valence-electron chi connectivity index (χ3n) is 5.79. The van der Waals surface area contributed by atoms with E-state index in [1.807, 2.05) is 24.1 Å². The summed E-state index contributed by atoms with van der Waals surface area (Å²) in [5.41, 5.74) is 0.815. The van der Waals surface area contributed by atoms with E-state index in [1.165, 1.54) is 11.3 Å². The Morgan fingerprint density at radius 3 is 2.70 bits per heavy atom.